The first kappa shape index (κ1) is 15.8. The van der Waals surface area contributed by atoms with E-state index in [1.807, 2.05) is 13.8 Å². The molecule has 0 atom stereocenters. The molecule has 7 heteroatoms. The van der Waals surface area contributed by atoms with Crippen LogP contribution in [0.1, 0.15) is 30.6 Å². The van der Waals surface area contributed by atoms with E-state index in [1.54, 1.807) is 0 Å². The third-order valence-corrected chi connectivity index (χ3v) is 3.98. The molecule has 0 amide bonds. The van der Waals surface area contributed by atoms with Gasteiger partial charge in [0, 0.05) is 5.02 Å². The Hall–Kier alpha value is -1.27. The highest BCUT2D eigenvalue weighted by Crippen LogP contribution is 2.22. The lowest BCUT2D eigenvalue weighted by Crippen LogP contribution is -2.19. The standard InChI is InChI=1S/C12H16ClNO4S/c1-8(2)5-6-19(17,18)14-11-4-3-9(13)7-10(11)12(15)16/h3-4,7-8,14H,5-6H2,1-2H3,(H,15,16). The zero-order valence-electron chi connectivity index (χ0n) is 10.7. The first-order valence-electron chi connectivity index (χ1n) is 5.74. The molecule has 106 valence electrons. The molecule has 0 aliphatic rings. The highest BCUT2D eigenvalue weighted by Gasteiger charge is 2.17. The SMILES string of the molecule is CC(C)CCS(=O)(=O)Nc1ccc(Cl)cc1C(=O)O. The van der Waals surface area contributed by atoms with E-state index in [9.17, 15) is 13.2 Å². The number of hydrogen-bond acceptors (Lipinski definition) is 3. The molecule has 0 aliphatic heterocycles. The molecule has 0 heterocycles. The van der Waals surface area contributed by atoms with Gasteiger partial charge in [-0.15, -0.1) is 0 Å². The van der Waals surface area contributed by atoms with Crippen LogP contribution in [0.4, 0.5) is 5.69 Å². The van der Waals surface area contributed by atoms with Gasteiger partial charge in [0.1, 0.15) is 0 Å². The van der Waals surface area contributed by atoms with E-state index in [2.05, 4.69) is 4.72 Å². The number of benzene rings is 1. The number of carboxylic acids is 1. The first-order chi connectivity index (χ1) is 8.71. The number of rotatable bonds is 6. The summed E-state index contributed by atoms with van der Waals surface area (Å²) < 4.78 is 25.9. The van der Waals surface area contributed by atoms with E-state index < -0.39 is 16.0 Å². The summed E-state index contributed by atoms with van der Waals surface area (Å²) in [4.78, 5) is 11.0. The van der Waals surface area contributed by atoms with Crippen molar-refractivity contribution in [2.45, 2.75) is 20.3 Å². The maximum Gasteiger partial charge on any atom is 0.337 e. The molecule has 0 radical (unpaired) electrons. The van der Waals surface area contributed by atoms with Crippen molar-refractivity contribution >= 4 is 33.3 Å². The highest BCUT2D eigenvalue weighted by molar-refractivity contribution is 7.92. The number of sulfonamides is 1. The van der Waals surface area contributed by atoms with Crippen molar-refractivity contribution < 1.29 is 18.3 Å². The molecule has 5 nitrogen and oxygen atoms in total. The molecular weight excluding hydrogens is 290 g/mol. The Kier molecular flexibility index (Phi) is 5.20. The summed E-state index contributed by atoms with van der Waals surface area (Å²) in [5.41, 5.74) is -0.138. The van der Waals surface area contributed by atoms with Gasteiger partial charge < -0.3 is 5.11 Å². The minimum absolute atomic E-state index is 0.0284. The van der Waals surface area contributed by atoms with Gasteiger partial charge in [-0.2, -0.15) is 0 Å². The predicted molar refractivity (Wildman–Crippen MR) is 75.3 cm³/mol. The van der Waals surface area contributed by atoms with Crippen LogP contribution in [-0.4, -0.2) is 25.2 Å². The third kappa shape index (κ3) is 5.08. The van der Waals surface area contributed by atoms with Gasteiger partial charge in [0.05, 0.1) is 17.0 Å². The van der Waals surface area contributed by atoms with Crippen molar-refractivity contribution in [3.8, 4) is 0 Å². The topological polar surface area (TPSA) is 83.5 Å². The van der Waals surface area contributed by atoms with Crippen LogP contribution in [0.25, 0.3) is 0 Å². The maximum atomic E-state index is 11.8. The lowest BCUT2D eigenvalue weighted by atomic mass is 10.2. The molecule has 19 heavy (non-hydrogen) atoms. The number of anilines is 1. The smallest absolute Gasteiger partial charge is 0.337 e. The summed E-state index contributed by atoms with van der Waals surface area (Å²) >= 11 is 5.69. The monoisotopic (exact) mass is 305 g/mol. The molecule has 0 aromatic heterocycles. The second-order valence-electron chi connectivity index (χ2n) is 4.60. The lowest BCUT2D eigenvalue weighted by Gasteiger charge is -2.11. The molecule has 1 aromatic carbocycles. The highest BCUT2D eigenvalue weighted by atomic mass is 35.5. The van der Waals surface area contributed by atoms with E-state index in [4.69, 9.17) is 16.7 Å². The van der Waals surface area contributed by atoms with Gasteiger partial charge in [0.25, 0.3) is 0 Å². The van der Waals surface area contributed by atoms with Crippen LogP contribution in [-0.2, 0) is 10.0 Å². The fourth-order valence-electron chi connectivity index (χ4n) is 1.39. The van der Waals surface area contributed by atoms with Crippen LogP contribution in [0.15, 0.2) is 18.2 Å². The number of hydrogen-bond donors (Lipinski definition) is 2. The maximum absolute atomic E-state index is 11.8. The van der Waals surface area contributed by atoms with Gasteiger partial charge >= 0.3 is 5.97 Å². The van der Waals surface area contributed by atoms with Crippen molar-refractivity contribution in [3.05, 3.63) is 28.8 Å². The second kappa shape index (κ2) is 6.25. The summed E-state index contributed by atoms with van der Waals surface area (Å²) in [5.74, 6) is -1.03. The van der Waals surface area contributed by atoms with E-state index in [0.29, 0.717) is 6.42 Å². The molecule has 0 aliphatic carbocycles. The molecule has 0 saturated carbocycles. The zero-order chi connectivity index (χ0) is 14.6. The molecule has 0 fully saturated rings. The summed E-state index contributed by atoms with van der Waals surface area (Å²) in [6, 6.07) is 4.00. The fourth-order valence-corrected chi connectivity index (χ4v) is 2.96. The van der Waals surface area contributed by atoms with Gasteiger partial charge in [0.15, 0.2) is 0 Å². The van der Waals surface area contributed by atoms with Crippen molar-refractivity contribution in [2.24, 2.45) is 5.92 Å². The van der Waals surface area contributed by atoms with E-state index in [-0.39, 0.29) is 27.9 Å². The van der Waals surface area contributed by atoms with Crippen molar-refractivity contribution in [1.82, 2.24) is 0 Å². The Bertz CT molecular complexity index is 569. The second-order valence-corrected chi connectivity index (χ2v) is 6.88. The van der Waals surface area contributed by atoms with Crippen molar-refractivity contribution in [2.75, 3.05) is 10.5 Å². The lowest BCUT2D eigenvalue weighted by molar-refractivity contribution is 0.0698. The van der Waals surface area contributed by atoms with Crippen LogP contribution in [0, 0.1) is 5.92 Å². The molecule has 0 unspecified atom stereocenters. The predicted octanol–water partition coefficient (Wildman–Crippen LogP) is 2.83. The Morgan fingerprint density at radius 3 is 2.58 bits per heavy atom. The molecule has 0 bridgehead atoms. The van der Waals surface area contributed by atoms with Crippen LogP contribution in [0.5, 0.6) is 0 Å². The van der Waals surface area contributed by atoms with E-state index >= 15 is 0 Å². The molecule has 2 N–H and O–H groups in total. The quantitative estimate of drug-likeness (QED) is 0.846. The van der Waals surface area contributed by atoms with Gasteiger partial charge in [-0.1, -0.05) is 25.4 Å². The number of carbonyl (C=O) groups is 1. The molecule has 1 rings (SSSR count). The zero-order valence-corrected chi connectivity index (χ0v) is 12.3. The van der Waals surface area contributed by atoms with E-state index in [0.717, 1.165) is 0 Å². The molecule has 1 aromatic rings. The fraction of sp³-hybridized carbons (Fsp3) is 0.417. The summed E-state index contributed by atoms with van der Waals surface area (Å²) in [7, 11) is -3.55. The Morgan fingerprint density at radius 2 is 2.05 bits per heavy atom. The molecule has 0 spiro atoms. The normalized spacial score (nSPS) is 11.6. The third-order valence-electron chi connectivity index (χ3n) is 2.44. The minimum atomic E-state index is -3.55. The average Bonchev–Trinajstić information content (AvgIpc) is 2.28. The average molecular weight is 306 g/mol. The largest absolute Gasteiger partial charge is 0.478 e. The van der Waals surface area contributed by atoms with Crippen LogP contribution in [0.2, 0.25) is 5.02 Å². The molecular formula is C12H16ClNO4S. The Labute approximate surface area is 117 Å². The van der Waals surface area contributed by atoms with Crippen LogP contribution >= 0.6 is 11.6 Å². The summed E-state index contributed by atoms with van der Waals surface area (Å²) in [5, 5.41) is 9.25. The van der Waals surface area contributed by atoms with Gasteiger partial charge in [0.2, 0.25) is 10.0 Å². The Morgan fingerprint density at radius 1 is 1.42 bits per heavy atom. The van der Waals surface area contributed by atoms with Crippen LogP contribution < -0.4 is 4.72 Å². The molecule has 0 saturated heterocycles. The summed E-state index contributed by atoms with van der Waals surface area (Å²) in [6.07, 6.45) is 0.505. The number of aromatic carboxylic acids is 1. The van der Waals surface area contributed by atoms with E-state index in [1.165, 1.54) is 18.2 Å². The van der Waals surface area contributed by atoms with Crippen LogP contribution in [0.3, 0.4) is 0 Å². The van der Waals surface area contributed by atoms with Gasteiger partial charge in [-0.3, -0.25) is 4.72 Å². The van der Waals surface area contributed by atoms with Crippen molar-refractivity contribution in [1.29, 1.82) is 0 Å². The first-order valence-corrected chi connectivity index (χ1v) is 7.77. The van der Waals surface area contributed by atoms with Gasteiger partial charge in [-0.25, -0.2) is 13.2 Å². The number of carboxylic acid groups (broad SMARTS) is 1. The van der Waals surface area contributed by atoms with Gasteiger partial charge in [-0.05, 0) is 30.5 Å². The Balaban J connectivity index is 2.96. The van der Waals surface area contributed by atoms with Crippen molar-refractivity contribution in [3.63, 3.8) is 0 Å². The minimum Gasteiger partial charge on any atom is -0.478 e. The summed E-state index contributed by atoms with van der Waals surface area (Å²) in [6.45, 7) is 3.83. The number of halogens is 1. The number of nitrogens with one attached hydrogen (secondary N) is 1.